The number of esters is 1. The van der Waals surface area contributed by atoms with E-state index in [2.05, 4.69) is 43.5 Å². The minimum atomic E-state index is -0.664. The van der Waals surface area contributed by atoms with Crippen molar-refractivity contribution in [2.45, 2.75) is 520 Å². The number of unbranched alkanes of at least 4 members (excludes halogenated alkanes) is 69. The molecular weight excluding hydrogens is 1160 g/mol. The minimum absolute atomic E-state index is 0.0240. The highest BCUT2D eigenvalue weighted by Gasteiger charge is 2.20. The van der Waals surface area contributed by atoms with Crippen molar-refractivity contribution in [3.8, 4) is 0 Å². The first-order valence-electron chi connectivity index (χ1n) is 44.1. The Bertz CT molecular complexity index is 1500. The molecule has 0 saturated heterocycles. The zero-order valence-corrected chi connectivity index (χ0v) is 64.9. The first-order chi connectivity index (χ1) is 47.0. The Morgan fingerprint density at radius 2 is 0.526 bits per heavy atom. The van der Waals surface area contributed by atoms with E-state index in [4.69, 9.17) is 4.74 Å². The van der Waals surface area contributed by atoms with Crippen LogP contribution >= 0.6 is 0 Å². The van der Waals surface area contributed by atoms with Gasteiger partial charge in [-0.2, -0.15) is 0 Å². The van der Waals surface area contributed by atoms with E-state index >= 15 is 0 Å². The quantitative estimate of drug-likeness (QED) is 0.0320. The fourth-order valence-electron chi connectivity index (χ4n) is 14.3. The van der Waals surface area contributed by atoms with Gasteiger partial charge in [0.05, 0.1) is 25.4 Å². The highest BCUT2D eigenvalue weighted by Crippen LogP contribution is 2.21. The van der Waals surface area contributed by atoms with E-state index in [1.807, 2.05) is 0 Å². The van der Waals surface area contributed by atoms with Gasteiger partial charge in [0.25, 0.3) is 0 Å². The molecule has 0 saturated carbocycles. The monoisotopic (exact) mass is 1340 g/mol. The van der Waals surface area contributed by atoms with Gasteiger partial charge in [-0.25, -0.2) is 0 Å². The largest absolute Gasteiger partial charge is 0.466 e. The van der Waals surface area contributed by atoms with Crippen LogP contribution in [0.15, 0.2) is 24.3 Å². The first kappa shape index (κ1) is 93.3. The van der Waals surface area contributed by atoms with Crippen LogP contribution in [0.3, 0.4) is 0 Å². The highest BCUT2D eigenvalue weighted by molar-refractivity contribution is 5.76. The molecule has 0 radical (unpaired) electrons. The van der Waals surface area contributed by atoms with Gasteiger partial charge in [0.1, 0.15) is 0 Å². The second-order valence-corrected chi connectivity index (χ2v) is 30.6. The molecule has 0 spiro atoms. The van der Waals surface area contributed by atoms with E-state index in [-0.39, 0.29) is 18.5 Å². The number of aliphatic hydroxyl groups is 2. The Hall–Kier alpha value is -1.66. The van der Waals surface area contributed by atoms with E-state index in [9.17, 15) is 19.8 Å². The molecule has 2 atom stereocenters. The van der Waals surface area contributed by atoms with E-state index in [0.29, 0.717) is 25.9 Å². The molecule has 6 nitrogen and oxygen atoms in total. The molecule has 0 bridgehead atoms. The Labute approximate surface area is 596 Å². The summed E-state index contributed by atoms with van der Waals surface area (Å²) in [5, 5.41) is 23.5. The standard InChI is InChI=1S/C89H173NO5/c1-3-5-7-9-11-13-15-17-19-21-22-23-24-40-43-46-50-53-57-61-65-69-73-77-81-87(92)86(85-91)90-88(93)82-78-74-70-66-62-58-54-51-47-44-41-38-36-34-32-30-28-26-25-27-29-31-33-35-37-39-42-45-48-52-56-60-64-68-72-76-80-84-95-89(94)83-79-75-71-67-63-59-55-49-20-18-16-14-12-10-8-6-4-2/h25,27,31,33,86-87,91-92H,3-24,26,28-30,32,34-85H2,1-2H3,(H,90,93)/b27-25-,33-31-. The summed E-state index contributed by atoms with van der Waals surface area (Å²) in [5.74, 6) is -0.00183. The second kappa shape index (κ2) is 84.8. The molecule has 0 heterocycles. The molecule has 6 heteroatoms. The minimum Gasteiger partial charge on any atom is -0.466 e. The maximum atomic E-state index is 12.6. The third-order valence-corrected chi connectivity index (χ3v) is 21.0. The van der Waals surface area contributed by atoms with Crippen LogP contribution in [-0.4, -0.2) is 47.4 Å². The Kier molecular flexibility index (Phi) is 83.3. The van der Waals surface area contributed by atoms with Crippen molar-refractivity contribution in [2.75, 3.05) is 13.2 Å². The molecule has 564 valence electrons. The maximum absolute atomic E-state index is 12.6. The number of nitrogens with one attached hydrogen (secondary N) is 1. The molecule has 0 rings (SSSR count). The zero-order valence-electron chi connectivity index (χ0n) is 64.9. The van der Waals surface area contributed by atoms with Crippen LogP contribution in [0.5, 0.6) is 0 Å². The number of carbonyl (C=O) groups is 2. The zero-order chi connectivity index (χ0) is 68.4. The number of allylic oxidation sites excluding steroid dienone is 4. The van der Waals surface area contributed by atoms with Crippen molar-refractivity contribution in [1.29, 1.82) is 0 Å². The predicted octanol–water partition coefficient (Wildman–Crippen LogP) is 29.6. The maximum Gasteiger partial charge on any atom is 0.305 e. The molecule has 2 unspecified atom stereocenters. The Morgan fingerprint density at radius 1 is 0.295 bits per heavy atom. The number of amides is 1. The summed E-state index contributed by atoms with van der Waals surface area (Å²) >= 11 is 0. The van der Waals surface area contributed by atoms with Crippen molar-refractivity contribution in [1.82, 2.24) is 5.32 Å². The SMILES string of the molecule is CCCCCCCCCCCCCCCCCCCCCCCCCCC(O)C(CO)NC(=O)CCCCCCCCCCCCCCCCCCC/C=C\C/C=C\CCCCCCCCCCCCCCCOC(=O)CCCCCCCCCCCCCCCCCCC. The van der Waals surface area contributed by atoms with Gasteiger partial charge in [-0.15, -0.1) is 0 Å². The normalized spacial score (nSPS) is 12.5. The van der Waals surface area contributed by atoms with Crippen LogP contribution in [0.4, 0.5) is 0 Å². The van der Waals surface area contributed by atoms with Crippen LogP contribution < -0.4 is 5.32 Å². The average molecular weight is 1340 g/mol. The van der Waals surface area contributed by atoms with Crippen molar-refractivity contribution < 1.29 is 24.5 Å². The molecule has 0 aromatic heterocycles. The average Bonchev–Trinajstić information content (AvgIpc) is 3.54. The summed E-state index contributed by atoms with van der Waals surface area (Å²) in [5.41, 5.74) is 0. The Morgan fingerprint density at radius 3 is 0.800 bits per heavy atom. The number of ether oxygens (including phenoxy) is 1. The van der Waals surface area contributed by atoms with Crippen molar-refractivity contribution in [3.05, 3.63) is 24.3 Å². The third kappa shape index (κ3) is 81.2. The molecule has 0 aromatic rings. The summed E-state index contributed by atoms with van der Waals surface area (Å²) in [4.78, 5) is 24.7. The van der Waals surface area contributed by atoms with Gasteiger partial charge in [0, 0.05) is 12.8 Å². The lowest BCUT2D eigenvalue weighted by atomic mass is 10.0. The number of aliphatic hydroxyl groups excluding tert-OH is 2. The highest BCUT2D eigenvalue weighted by atomic mass is 16.5. The topological polar surface area (TPSA) is 95.9 Å². The van der Waals surface area contributed by atoms with Gasteiger partial charge < -0.3 is 20.3 Å². The second-order valence-electron chi connectivity index (χ2n) is 30.6. The Balaban J connectivity index is 3.35. The predicted molar refractivity (Wildman–Crippen MR) is 421 cm³/mol. The number of carbonyl (C=O) groups excluding carboxylic acids is 2. The molecule has 0 fully saturated rings. The summed E-state index contributed by atoms with van der Waals surface area (Å²) in [6.07, 6.45) is 110. The van der Waals surface area contributed by atoms with E-state index in [1.165, 1.54) is 430 Å². The van der Waals surface area contributed by atoms with Crippen molar-refractivity contribution in [3.63, 3.8) is 0 Å². The van der Waals surface area contributed by atoms with E-state index in [1.54, 1.807) is 0 Å². The number of hydrogen-bond acceptors (Lipinski definition) is 5. The first-order valence-corrected chi connectivity index (χ1v) is 44.1. The summed E-state index contributed by atoms with van der Waals surface area (Å²) in [6, 6.07) is -0.541. The summed E-state index contributed by atoms with van der Waals surface area (Å²) < 4.78 is 5.52. The lowest BCUT2D eigenvalue weighted by Gasteiger charge is -2.22. The van der Waals surface area contributed by atoms with Crippen molar-refractivity contribution >= 4 is 11.9 Å². The molecule has 0 aliphatic heterocycles. The van der Waals surface area contributed by atoms with Crippen LogP contribution in [0.25, 0.3) is 0 Å². The molecule has 3 N–H and O–H groups in total. The van der Waals surface area contributed by atoms with Crippen molar-refractivity contribution in [2.24, 2.45) is 0 Å². The van der Waals surface area contributed by atoms with Crippen LogP contribution in [0.1, 0.15) is 508 Å². The van der Waals surface area contributed by atoms with E-state index in [0.717, 1.165) is 44.9 Å². The molecule has 95 heavy (non-hydrogen) atoms. The molecule has 0 aliphatic rings. The fourth-order valence-corrected chi connectivity index (χ4v) is 14.3. The van der Waals surface area contributed by atoms with Gasteiger partial charge in [0.15, 0.2) is 0 Å². The van der Waals surface area contributed by atoms with Gasteiger partial charge in [0.2, 0.25) is 5.91 Å². The number of hydrogen-bond donors (Lipinski definition) is 3. The lowest BCUT2D eigenvalue weighted by Crippen LogP contribution is -2.45. The summed E-state index contributed by atoms with van der Waals surface area (Å²) in [7, 11) is 0. The molecule has 1 amide bonds. The smallest absolute Gasteiger partial charge is 0.305 e. The summed E-state index contributed by atoms with van der Waals surface area (Å²) in [6.45, 7) is 5.02. The van der Waals surface area contributed by atoms with Crippen LogP contribution in [0, 0.1) is 0 Å². The van der Waals surface area contributed by atoms with Gasteiger partial charge in [-0.1, -0.05) is 462 Å². The lowest BCUT2D eigenvalue weighted by molar-refractivity contribution is -0.143. The van der Waals surface area contributed by atoms with E-state index < -0.39 is 12.1 Å². The molecular formula is C89H173NO5. The van der Waals surface area contributed by atoms with Crippen LogP contribution in [0.2, 0.25) is 0 Å². The molecule has 0 aliphatic carbocycles. The fraction of sp³-hybridized carbons (Fsp3) is 0.933. The third-order valence-electron chi connectivity index (χ3n) is 21.0. The van der Waals surface area contributed by atoms with Gasteiger partial charge in [-0.3, -0.25) is 9.59 Å². The molecule has 0 aromatic carbocycles. The van der Waals surface area contributed by atoms with Gasteiger partial charge >= 0.3 is 5.97 Å². The van der Waals surface area contributed by atoms with Gasteiger partial charge in [-0.05, 0) is 57.8 Å². The number of rotatable bonds is 84. The van der Waals surface area contributed by atoms with Crippen LogP contribution in [-0.2, 0) is 14.3 Å².